The van der Waals surface area contributed by atoms with Crippen LogP contribution in [0.1, 0.15) is 11.8 Å². The van der Waals surface area contributed by atoms with E-state index in [1.807, 2.05) is 22.4 Å². The zero-order chi connectivity index (χ0) is 16.2. The molecule has 1 aliphatic heterocycles. The van der Waals surface area contributed by atoms with E-state index in [-0.39, 0.29) is 24.0 Å². The van der Waals surface area contributed by atoms with E-state index in [0.717, 1.165) is 5.96 Å². The molecular formula is C14H22F3IN4S. The predicted molar refractivity (Wildman–Crippen MR) is 98.6 cm³/mol. The van der Waals surface area contributed by atoms with Gasteiger partial charge in [-0.1, -0.05) is 6.07 Å². The second kappa shape index (κ2) is 9.07. The minimum atomic E-state index is -4.17. The van der Waals surface area contributed by atoms with Crippen LogP contribution in [0.25, 0.3) is 0 Å². The molecule has 0 aliphatic carbocycles. The maximum atomic E-state index is 12.7. The first-order valence-electron chi connectivity index (χ1n) is 7.20. The van der Waals surface area contributed by atoms with Gasteiger partial charge in [0.1, 0.15) is 6.04 Å². The maximum absolute atomic E-state index is 12.7. The van der Waals surface area contributed by atoms with E-state index in [0.29, 0.717) is 32.7 Å². The van der Waals surface area contributed by atoms with Gasteiger partial charge in [-0.2, -0.15) is 13.2 Å². The number of alkyl halides is 3. The molecule has 2 heterocycles. The van der Waals surface area contributed by atoms with Gasteiger partial charge < -0.3 is 10.2 Å². The van der Waals surface area contributed by atoms with Crippen LogP contribution in [0.3, 0.4) is 0 Å². The summed E-state index contributed by atoms with van der Waals surface area (Å²) in [4.78, 5) is 8.91. The summed E-state index contributed by atoms with van der Waals surface area (Å²) < 4.78 is 38.2. The number of aliphatic imine (C=N–C) groups is 1. The number of piperazine rings is 1. The van der Waals surface area contributed by atoms with E-state index >= 15 is 0 Å². The van der Waals surface area contributed by atoms with Crippen molar-refractivity contribution < 1.29 is 13.2 Å². The van der Waals surface area contributed by atoms with Gasteiger partial charge in [0.25, 0.3) is 0 Å². The number of guanidine groups is 1. The van der Waals surface area contributed by atoms with Crippen molar-refractivity contribution in [1.29, 1.82) is 0 Å². The van der Waals surface area contributed by atoms with E-state index in [9.17, 15) is 13.2 Å². The zero-order valence-corrected chi connectivity index (χ0v) is 16.3. The van der Waals surface area contributed by atoms with Crippen LogP contribution in [-0.4, -0.2) is 61.2 Å². The number of hydrogen-bond acceptors (Lipinski definition) is 3. The summed E-state index contributed by atoms with van der Waals surface area (Å²) in [6.45, 7) is 3.78. The number of nitrogens with one attached hydrogen (secondary N) is 1. The normalized spacial score (nSPS) is 18.5. The first-order chi connectivity index (χ1) is 10.4. The fraction of sp³-hybridized carbons (Fsp3) is 0.643. The van der Waals surface area contributed by atoms with E-state index in [1.54, 1.807) is 18.4 Å². The molecule has 4 nitrogen and oxygen atoms in total. The largest absolute Gasteiger partial charge is 0.403 e. The van der Waals surface area contributed by atoms with Crippen LogP contribution in [0.2, 0.25) is 0 Å². The SMILES string of the molecule is CN=C(NCc1cccs1)N1CCN(C(C)C(F)(F)F)CC1.I. The Balaban J connectivity index is 0.00000264. The Morgan fingerprint density at radius 2 is 2.00 bits per heavy atom. The lowest BCUT2D eigenvalue weighted by molar-refractivity contribution is -0.181. The molecule has 1 N–H and O–H groups in total. The molecule has 2 rings (SSSR count). The second-order valence-electron chi connectivity index (χ2n) is 5.22. The minimum Gasteiger partial charge on any atom is -0.351 e. The molecule has 0 radical (unpaired) electrons. The topological polar surface area (TPSA) is 30.9 Å². The van der Waals surface area contributed by atoms with Crippen LogP contribution in [-0.2, 0) is 6.54 Å². The number of halogens is 4. The fourth-order valence-corrected chi connectivity index (χ4v) is 3.08. The van der Waals surface area contributed by atoms with Gasteiger partial charge in [-0.05, 0) is 18.4 Å². The van der Waals surface area contributed by atoms with Gasteiger partial charge in [0.05, 0.1) is 6.54 Å². The second-order valence-corrected chi connectivity index (χ2v) is 6.25. The molecule has 9 heteroatoms. The van der Waals surface area contributed by atoms with Crippen molar-refractivity contribution in [3.05, 3.63) is 22.4 Å². The third kappa shape index (κ3) is 5.79. The van der Waals surface area contributed by atoms with Gasteiger partial charge in [0.15, 0.2) is 5.96 Å². The molecule has 1 fully saturated rings. The molecular weight excluding hydrogens is 440 g/mol. The maximum Gasteiger partial charge on any atom is 0.403 e. The summed E-state index contributed by atoms with van der Waals surface area (Å²) in [5.74, 6) is 0.743. The third-order valence-corrected chi connectivity index (χ3v) is 4.72. The molecule has 0 aromatic carbocycles. The van der Waals surface area contributed by atoms with Gasteiger partial charge >= 0.3 is 6.18 Å². The lowest BCUT2D eigenvalue weighted by Gasteiger charge is -2.39. The molecule has 1 aromatic heterocycles. The van der Waals surface area contributed by atoms with E-state index in [4.69, 9.17) is 0 Å². The summed E-state index contributed by atoms with van der Waals surface area (Å²) in [6, 6.07) is 2.63. The molecule has 0 bridgehead atoms. The molecule has 1 saturated heterocycles. The Labute approximate surface area is 155 Å². The van der Waals surface area contributed by atoms with Gasteiger partial charge in [-0.15, -0.1) is 35.3 Å². The number of rotatable bonds is 3. The molecule has 0 saturated carbocycles. The van der Waals surface area contributed by atoms with Crippen molar-refractivity contribution in [3.8, 4) is 0 Å². The molecule has 0 spiro atoms. The highest BCUT2D eigenvalue weighted by molar-refractivity contribution is 14.0. The first kappa shape index (κ1) is 20.5. The van der Waals surface area contributed by atoms with Gasteiger partial charge in [-0.3, -0.25) is 9.89 Å². The molecule has 1 atom stereocenters. The molecule has 0 amide bonds. The van der Waals surface area contributed by atoms with Crippen LogP contribution in [0, 0.1) is 0 Å². The Morgan fingerprint density at radius 1 is 1.35 bits per heavy atom. The summed E-state index contributed by atoms with van der Waals surface area (Å²) in [5.41, 5.74) is 0. The zero-order valence-electron chi connectivity index (χ0n) is 13.1. The van der Waals surface area contributed by atoms with Crippen molar-refractivity contribution in [2.24, 2.45) is 4.99 Å². The Hall–Kier alpha value is -0.550. The molecule has 1 aliphatic rings. The summed E-state index contributed by atoms with van der Waals surface area (Å²) in [7, 11) is 1.70. The number of hydrogen-bond donors (Lipinski definition) is 1. The smallest absolute Gasteiger partial charge is 0.351 e. The van der Waals surface area contributed by atoms with Gasteiger partial charge in [0.2, 0.25) is 0 Å². The average Bonchev–Trinajstić information content (AvgIpc) is 3.00. The first-order valence-corrected chi connectivity index (χ1v) is 8.08. The minimum absolute atomic E-state index is 0. The van der Waals surface area contributed by atoms with Crippen molar-refractivity contribution in [2.45, 2.75) is 25.7 Å². The Bertz CT molecular complexity index is 485. The highest BCUT2D eigenvalue weighted by Gasteiger charge is 2.41. The van der Waals surface area contributed by atoms with E-state index in [1.165, 1.54) is 16.7 Å². The van der Waals surface area contributed by atoms with Gasteiger partial charge in [-0.25, -0.2) is 0 Å². The number of thiophene rings is 1. The van der Waals surface area contributed by atoms with E-state index < -0.39 is 12.2 Å². The Morgan fingerprint density at radius 3 is 2.48 bits per heavy atom. The lowest BCUT2D eigenvalue weighted by Crippen LogP contribution is -2.56. The molecule has 132 valence electrons. The van der Waals surface area contributed by atoms with Crippen molar-refractivity contribution in [3.63, 3.8) is 0 Å². The quantitative estimate of drug-likeness (QED) is 0.426. The van der Waals surface area contributed by atoms with Crippen molar-refractivity contribution in [2.75, 3.05) is 33.2 Å². The molecule has 1 unspecified atom stereocenters. The molecule has 1 aromatic rings. The van der Waals surface area contributed by atoms with Crippen molar-refractivity contribution >= 4 is 41.3 Å². The lowest BCUT2D eigenvalue weighted by atomic mass is 10.2. The highest BCUT2D eigenvalue weighted by atomic mass is 127. The Kier molecular flexibility index (Phi) is 8.08. The molecule has 23 heavy (non-hydrogen) atoms. The standard InChI is InChI=1S/C14H21F3N4S.HI/c1-11(14(15,16)17)20-5-7-21(8-6-20)13(18-2)19-10-12-4-3-9-22-12;/h3-4,9,11H,5-8,10H2,1-2H3,(H,18,19);1H. The van der Waals surface area contributed by atoms with E-state index in [2.05, 4.69) is 10.3 Å². The highest BCUT2D eigenvalue weighted by Crippen LogP contribution is 2.25. The van der Waals surface area contributed by atoms with Crippen LogP contribution in [0.4, 0.5) is 13.2 Å². The van der Waals surface area contributed by atoms with Crippen molar-refractivity contribution in [1.82, 2.24) is 15.1 Å². The van der Waals surface area contributed by atoms with Crippen LogP contribution in [0.15, 0.2) is 22.5 Å². The predicted octanol–water partition coefficient (Wildman–Crippen LogP) is 3.01. The summed E-state index contributed by atoms with van der Waals surface area (Å²) in [6.07, 6.45) is -4.17. The third-order valence-electron chi connectivity index (χ3n) is 3.85. The monoisotopic (exact) mass is 462 g/mol. The summed E-state index contributed by atoms with van der Waals surface area (Å²) >= 11 is 1.66. The average molecular weight is 462 g/mol. The summed E-state index contributed by atoms with van der Waals surface area (Å²) in [5, 5.41) is 5.27. The van der Waals surface area contributed by atoms with Gasteiger partial charge in [0, 0.05) is 38.1 Å². The fourth-order valence-electron chi connectivity index (χ4n) is 2.44. The van der Waals surface area contributed by atoms with Crippen LogP contribution >= 0.6 is 35.3 Å². The van der Waals surface area contributed by atoms with Crippen LogP contribution in [0.5, 0.6) is 0 Å². The number of nitrogens with zero attached hydrogens (tertiary/aromatic N) is 3. The van der Waals surface area contributed by atoms with Crippen LogP contribution < -0.4 is 5.32 Å².